The molecule has 0 spiro atoms. The minimum Gasteiger partial charge on any atom is -0.508 e. The van der Waals surface area contributed by atoms with Crippen molar-refractivity contribution in [3.8, 4) is 63.3 Å². The Kier molecular flexibility index (Phi) is 35.5. The smallest absolute Gasteiger partial charge is 0.488 e. The minimum absolute atomic E-state index is 0.0515. The maximum Gasteiger partial charge on any atom is 0.488 e. The van der Waals surface area contributed by atoms with E-state index in [4.69, 9.17) is 76.6 Å². The molecule has 788 valence electrons. The van der Waals surface area contributed by atoms with Crippen molar-refractivity contribution in [1.29, 1.82) is 0 Å². The lowest BCUT2D eigenvalue weighted by atomic mass is 9.49. The number of aryl methyl sites for hydroxylation is 4. The highest BCUT2D eigenvalue weighted by Gasteiger charge is 2.64. The van der Waals surface area contributed by atoms with Gasteiger partial charge in [-0.15, -0.1) is 45.3 Å². The van der Waals surface area contributed by atoms with Gasteiger partial charge in [-0.25, -0.2) is 19.9 Å². The number of aromatic amines is 1. The van der Waals surface area contributed by atoms with Crippen molar-refractivity contribution in [2.45, 2.75) is 222 Å². The van der Waals surface area contributed by atoms with Gasteiger partial charge in [0.25, 0.3) is 22.2 Å². The monoisotopic (exact) mass is 2210 g/mol. The first-order valence-electron chi connectivity index (χ1n) is 50.7. The van der Waals surface area contributed by atoms with Gasteiger partial charge in [0.05, 0.1) is 118 Å². The number of ether oxygens (including phenoxy) is 8. The molecule has 5 fully saturated rings. The molecule has 0 amide bonds. The van der Waals surface area contributed by atoms with E-state index in [1.807, 2.05) is 196 Å². The molecule has 40 heteroatoms. The van der Waals surface area contributed by atoms with E-state index in [9.17, 15) is 24.3 Å². The summed E-state index contributed by atoms with van der Waals surface area (Å²) in [5, 5.41) is 33.0. The molecule has 0 saturated carbocycles. The predicted octanol–water partition coefficient (Wildman–Crippen LogP) is 23.0. The van der Waals surface area contributed by atoms with E-state index < -0.39 is 38.2 Å². The molecule has 149 heavy (non-hydrogen) atoms. The van der Waals surface area contributed by atoms with Crippen LogP contribution in [0.25, 0.3) is 130 Å². The third-order valence-electron chi connectivity index (χ3n) is 27.7. The fourth-order valence-corrected chi connectivity index (χ4v) is 23.0. The summed E-state index contributed by atoms with van der Waals surface area (Å²) in [6.45, 7) is 53.0. The number of hydrogen-bond acceptors (Lipinski definition) is 30. The minimum atomic E-state index is -1.25. The molecule has 30 nitrogen and oxygen atoms in total. The highest BCUT2D eigenvalue weighted by molar-refractivity contribution is 9.10. The fraction of sp³-hybridized carbons (Fsp3) is 0.450. The van der Waals surface area contributed by atoms with E-state index in [0.29, 0.717) is 159 Å². The molecule has 0 aliphatic carbocycles. The van der Waals surface area contributed by atoms with Gasteiger partial charge in [-0.2, -0.15) is 0 Å². The number of phenols is 1. The summed E-state index contributed by atoms with van der Waals surface area (Å²) in [6.07, 6.45) is 10.4. The lowest BCUT2D eigenvalue weighted by molar-refractivity contribution is 0.00578. The number of thiophene rings is 4. The molecule has 5 aliphatic heterocycles. The van der Waals surface area contributed by atoms with Gasteiger partial charge in [-0.05, 0) is 283 Å². The van der Waals surface area contributed by atoms with Crippen LogP contribution in [0.5, 0.6) is 17.2 Å². The quantitative estimate of drug-likeness (QED) is 0.0318. The Morgan fingerprint density at radius 2 is 0.745 bits per heavy atom. The molecule has 3 N–H and O–H groups in total. The molecule has 4 aromatic carbocycles. The van der Waals surface area contributed by atoms with Gasteiger partial charge >= 0.3 is 14.0 Å². The Morgan fingerprint density at radius 1 is 0.423 bits per heavy atom. The molecule has 5 saturated heterocycles. The fourth-order valence-electron chi connectivity index (χ4n) is 17.2. The van der Waals surface area contributed by atoms with Gasteiger partial charge < -0.3 is 71.7 Å². The normalized spacial score (nSPS) is 17.3. The van der Waals surface area contributed by atoms with E-state index in [1.165, 1.54) is 10.6 Å². The zero-order chi connectivity index (χ0) is 106. The zero-order valence-corrected chi connectivity index (χ0v) is 96.8. The molecule has 21 rings (SSSR count). The van der Waals surface area contributed by atoms with Crippen LogP contribution in [0.2, 0.25) is 77.1 Å². The van der Waals surface area contributed by atoms with Crippen LogP contribution in [0.1, 0.15) is 96.9 Å². The highest BCUT2D eigenvalue weighted by atomic mass is 79.9. The molecule has 0 bridgehead atoms. The number of nitrogens with one attached hydrogen (secondary N) is 1. The second-order valence-electron chi connectivity index (χ2n) is 44.4. The number of aliphatic hydroxyl groups is 1. The molecular formula is C109H135B2BrN12O18S4Si3. The Labute approximate surface area is 895 Å². The summed E-state index contributed by atoms with van der Waals surface area (Å²) in [6, 6.07) is 33.5. The lowest BCUT2D eigenvalue weighted by Crippen LogP contribution is -2.41. The van der Waals surface area contributed by atoms with Crippen molar-refractivity contribution < 1.29 is 66.7 Å². The number of hydrogen-bond donors (Lipinski definition) is 3. The van der Waals surface area contributed by atoms with E-state index in [-0.39, 0.29) is 70.6 Å². The van der Waals surface area contributed by atoms with Gasteiger partial charge in [-0.1, -0.05) is 74.9 Å². The third-order valence-corrected chi connectivity index (χ3v) is 36.7. The largest absolute Gasteiger partial charge is 0.508 e. The van der Waals surface area contributed by atoms with Crippen LogP contribution in [0.3, 0.4) is 0 Å². The summed E-state index contributed by atoms with van der Waals surface area (Å²) in [4.78, 5) is 93.8. The Morgan fingerprint density at radius 3 is 1.09 bits per heavy atom. The number of fused-ring (bicyclic) bond motifs is 8. The van der Waals surface area contributed by atoms with Crippen LogP contribution in [-0.4, -0.2) is 209 Å². The summed E-state index contributed by atoms with van der Waals surface area (Å²) in [5.41, 5.74) is 6.58. The first-order chi connectivity index (χ1) is 70.7. The Balaban J connectivity index is 0.000000132. The molecule has 5 aliphatic rings. The van der Waals surface area contributed by atoms with Crippen molar-refractivity contribution in [1.82, 2.24) is 58.6 Å². The summed E-state index contributed by atoms with van der Waals surface area (Å²) < 4.78 is 79.5. The summed E-state index contributed by atoms with van der Waals surface area (Å²) in [7, 11) is -4.66. The predicted molar refractivity (Wildman–Crippen MR) is 612 cm³/mol. The molecule has 0 radical (unpaired) electrons. The van der Waals surface area contributed by atoms with Crippen LogP contribution in [0.15, 0.2) is 167 Å². The van der Waals surface area contributed by atoms with Gasteiger partial charge in [0.1, 0.15) is 60.2 Å². The highest BCUT2D eigenvalue weighted by Crippen LogP contribution is 2.44. The molecular weight excluding hydrogens is 2080 g/mol. The number of aliphatic hydroxyl groups excluding tert-OH is 1. The Hall–Kier alpha value is -9.90. The Bertz CT molecular complexity index is 7490. The number of phenolic OH excluding ortho intramolecular Hbond substituents is 1. The number of aromatic nitrogens is 12. The molecule has 17 heterocycles. The van der Waals surface area contributed by atoms with Crippen LogP contribution in [0.4, 0.5) is 0 Å². The van der Waals surface area contributed by atoms with E-state index >= 15 is 0 Å². The van der Waals surface area contributed by atoms with Crippen LogP contribution in [0, 0.1) is 45.4 Å². The number of halogens is 1. The zero-order valence-electron chi connectivity index (χ0n) is 88.9. The van der Waals surface area contributed by atoms with Crippen LogP contribution >= 0.6 is 61.3 Å². The number of pyridine rings is 4. The first-order valence-corrected chi connectivity index (χ1v) is 66.1. The summed E-state index contributed by atoms with van der Waals surface area (Å²) in [5.74, 6) is 4.66. The summed E-state index contributed by atoms with van der Waals surface area (Å²) >= 11 is 10.1. The van der Waals surface area contributed by atoms with Gasteiger partial charge in [-0.3, -0.25) is 52.8 Å². The van der Waals surface area contributed by atoms with E-state index in [0.717, 1.165) is 144 Å². The topological polar surface area (TPSA) is 353 Å². The van der Waals surface area contributed by atoms with Crippen LogP contribution in [-0.2, 0) is 67.2 Å². The maximum absolute atomic E-state index is 13.8. The van der Waals surface area contributed by atoms with E-state index in [1.54, 1.807) is 66.6 Å². The SMILES string of the molecule is CC1(C)OB(B2OC(C)(C)C(C)(C)O2)OC1(C)C.Cc1cc(Br)cc2c(=O)n(COCC[Si](C)(C)C)c(-c3cc4ccsc4cn3)nc12.Cc1cc(O)cc2c(=O)n(COCC[Si](C)(C)C)c(-c3cc4ccsc4cn3)nc12.Cc1cc(OCC2CCOC2)cc2c(=O)[nH]c(-c3cc4ccsc4cn3)nc12.Cc1cc(OCC2CCOC2)cc2c(=O)n(COCC[Si](C)(C)C)c(-c3cc4ccsc4cn3)nc12.OCC1CCOC1. The van der Waals surface area contributed by atoms with Crippen molar-refractivity contribution in [3.63, 3.8) is 0 Å². The third kappa shape index (κ3) is 27.5. The first kappa shape index (κ1) is 112. The van der Waals surface area contributed by atoms with Gasteiger partial charge in [0, 0.05) is 117 Å². The lowest BCUT2D eigenvalue weighted by Gasteiger charge is -2.32. The molecule has 3 unspecified atom stereocenters. The van der Waals surface area contributed by atoms with Crippen molar-refractivity contribution in [2.24, 2.45) is 17.8 Å². The molecule has 16 aromatic rings. The number of benzene rings is 4. The van der Waals surface area contributed by atoms with Crippen molar-refractivity contribution in [3.05, 3.63) is 212 Å². The number of nitrogens with zero attached hydrogens (tertiary/aromatic N) is 11. The maximum atomic E-state index is 13.8. The average molecular weight is 2220 g/mol. The van der Waals surface area contributed by atoms with Gasteiger partial charge in [0.15, 0.2) is 23.3 Å². The standard InChI is InChI=1S/C27H33N3O4SSi.C22H24BrN3O2SSi.C22H25N3O3SSi.C21H19N3O3S.C12H24B2O4.C5H10O2/c1-18-11-21(34-16-19-5-7-32-15-19)13-22-25(18)29-26(23-12-20-6-9-35-24(20)14-28-23)30(27(22)31)17-33-8-10-36(2,3)4;1-14-9-16(23)11-17-20(14)25-21(18-10-15-5-7-29-19(15)12-24-18)26(22(17)27)13-28-6-8-30(2,3)4;1-14-9-16(26)11-17-20(14)24-21(18-10-15-5-7-29-19(15)12-23-18)25(22(17)27)13-28-6-8-30(2,3)4;1-12-6-15(27-11-13-2-4-26-10-13)8-16-19(12)23-20(24-21(16)25)17-7-14-3-5-28-18(14)9-22-17;1-9(2)10(3,4)16-13(15-9)14-17-11(5,6)12(7,8)18-14;6-3-5-1-2-7-4-5/h6,9,11-14,19H,5,7-8,10,15-17H2,1-4H3;5,7,9-12H,6,8,13H2,1-4H3;5,7,9-12,26H,6,8,13H2,1-4H3;3,5-9,13H,2,4,10-11H2,1H3,(H,23,24,25);1-8H3;5-6H,1-4H2. The second kappa shape index (κ2) is 47.4. The van der Waals surface area contributed by atoms with Crippen LogP contribution < -0.4 is 31.7 Å². The molecule has 3 atom stereocenters. The number of rotatable bonds is 27. The molecule has 12 aromatic heterocycles. The number of H-pyrrole nitrogens is 1. The van der Waals surface area contributed by atoms with E-state index in [2.05, 4.69) is 117 Å². The van der Waals surface area contributed by atoms with Crippen molar-refractivity contribution in [2.75, 3.05) is 79.3 Å². The average Bonchev–Trinajstić information content (AvgIpc) is 1.31. The van der Waals surface area contributed by atoms with Gasteiger partial charge in [0.2, 0.25) is 0 Å². The van der Waals surface area contributed by atoms with Crippen molar-refractivity contribution >= 4 is 183 Å². The number of aromatic hydroxyl groups is 1. The second-order valence-corrected chi connectivity index (χ2v) is 65.9.